The molecule has 0 aliphatic rings. The number of benzene rings is 3. The second kappa shape index (κ2) is 12.1. The highest BCUT2D eigenvalue weighted by Crippen LogP contribution is 2.33. The second-order valence-electron chi connectivity index (χ2n) is 8.07. The predicted molar refractivity (Wildman–Crippen MR) is 138 cm³/mol. The van der Waals surface area contributed by atoms with Crippen LogP contribution in [0.15, 0.2) is 65.6 Å². The highest BCUT2D eigenvalue weighted by Gasteiger charge is 2.29. The number of nitrogens with one attached hydrogen (secondary N) is 1. The summed E-state index contributed by atoms with van der Waals surface area (Å²) in [6, 6.07) is 15.7. The third-order valence-corrected chi connectivity index (χ3v) is 7.57. The summed E-state index contributed by atoms with van der Waals surface area (Å²) in [6.07, 6.45) is 1.45. The van der Waals surface area contributed by atoms with E-state index in [0.717, 1.165) is 22.4 Å². The number of anilines is 1. The van der Waals surface area contributed by atoms with Crippen molar-refractivity contribution in [3.05, 3.63) is 82.6 Å². The van der Waals surface area contributed by atoms with Crippen molar-refractivity contribution in [1.29, 1.82) is 0 Å². The number of halogens is 2. The van der Waals surface area contributed by atoms with Crippen LogP contribution in [0.25, 0.3) is 0 Å². The van der Waals surface area contributed by atoms with Crippen LogP contribution in [0.3, 0.4) is 0 Å². The number of amides is 1. The van der Waals surface area contributed by atoms with E-state index in [9.17, 15) is 17.6 Å². The van der Waals surface area contributed by atoms with Gasteiger partial charge in [-0.15, -0.1) is 0 Å². The summed E-state index contributed by atoms with van der Waals surface area (Å²) in [5.41, 5.74) is 2.36. The Morgan fingerprint density at radius 2 is 1.69 bits per heavy atom. The number of carbonyl (C=O) groups is 1. The highest BCUT2D eigenvalue weighted by molar-refractivity contribution is 7.92. The fraction of sp³-hybridized carbons (Fsp3) is 0.269. The number of sulfonamides is 1. The summed E-state index contributed by atoms with van der Waals surface area (Å²) in [7, 11) is -1.44. The standard InChI is InChI=1S/C26H28ClFN2O5S/c1-18-6-8-19(9-7-18)5-4-14-29-26(31)17-30(20-10-12-23(28)22(27)15-20)36(32,33)21-11-13-24(34-2)25(16-21)35-3/h6-13,15-16H,4-5,14,17H2,1-3H3,(H,29,31). The average molecular weight is 535 g/mol. The molecule has 3 aromatic rings. The van der Waals surface area contributed by atoms with E-state index in [4.69, 9.17) is 21.1 Å². The Hall–Kier alpha value is -3.30. The van der Waals surface area contributed by atoms with E-state index in [1.807, 2.05) is 31.2 Å². The Bertz CT molecular complexity index is 1320. The number of aryl methyl sites for hydroxylation is 2. The van der Waals surface area contributed by atoms with Gasteiger partial charge in [0.05, 0.1) is 29.8 Å². The zero-order valence-electron chi connectivity index (χ0n) is 20.3. The normalized spacial score (nSPS) is 11.1. The van der Waals surface area contributed by atoms with Gasteiger partial charge in [0, 0.05) is 12.6 Å². The van der Waals surface area contributed by atoms with Crippen molar-refractivity contribution in [2.75, 3.05) is 31.6 Å². The number of ether oxygens (including phenoxy) is 2. The van der Waals surface area contributed by atoms with Crippen molar-refractivity contribution in [1.82, 2.24) is 5.32 Å². The van der Waals surface area contributed by atoms with Crippen LogP contribution in [0.4, 0.5) is 10.1 Å². The Morgan fingerprint density at radius 1 is 1.00 bits per heavy atom. The summed E-state index contributed by atoms with van der Waals surface area (Å²) in [4.78, 5) is 12.6. The topological polar surface area (TPSA) is 84.9 Å². The van der Waals surface area contributed by atoms with Gasteiger partial charge in [0.1, 0.15) is 12.4 Å². The molecule has 3 aromatic carbocycles. The minimum absolute atomic E-state index is 0.0472. The van der Waals surface area contributed by atoms with Crippen LogP contribution >= 0.6 is 11.6 Å². The maximum atomic E-state index is 13.8. The van der Waals surface area contributed by atoms with Crippen LogP contribution in [0.1, 0.15) is 17.5 Å². The molecular formula is C26H28ClFN2O5S. The molecule has 3 rings (SSSR count). The zero-order valence-corrected chi connectivity index (χ0v) is 21.8. The summed E-state index contributed by atoms with van der Waals surface area (Å²) >= 11 is 5.91. The van der Waals surface area contributed by atoms with Gasteiger partial charge in [-0.3, -0.25) is 9.10 Å². The first-order valence-corrected chi connectivity index (χ1v) is 13.0. The molecule has 10 heteroatoms. The summed E-state index contributed by atoms with van der Waals surface area (Å²) in [5, 5.41) is 2.49. The number of hydrogen-bond acceptors (Lipinski definition) is 5. The van der Waals surface area contributed by atoms with Gasteiger partial charge in [0.2, 0.25) is 5.91 Å². The number of carbonyl (C=O) groups excluding carboxylic acids is 1. The predicted octanol–water partition coefficient (Wildman–Crippen LogP) is 4.75. The van der Waals surface area contributed by atoms with Gasteiger partial charge in [-0.2, -0.15) is 0 Å². The largest absolute Gasteiger partial charge is 0.493 e. The SMILES string of the molecule is COc1ccc(S(=O)(=O)N(CC(=O)NCCCc2ccc(C)cc2)c2ccc(F)c(Cl)c2)cc1OC. The first-order valence-electron chi connectivity index (χ1n) is 11.2. The fourth-order valence-electron chi connectivity index (χ4n) is 3.52. The molecule has 0 aromatic heterocycles. The third kappa shape index (κ3) is 6.67. The number of nitrogens with zero attached hydrogens (tertiary/aromatic N) is 1. The molecule has 0 saturated carbocycles. The summed E-state index contributed by atoms with van der Waals surface area (Å²) in [6.45, 7) is 1.85. The maximum absolute atomic E-state index is 13.8. The van der Waals surface area contributed by atoms with Gasteiger partial charge in [-0.05, 0) is 55.7 Å². The Morgan fingerprint density at radius 3 is 2.33 bits per heavy atom. The van der Waals surface area contributed by atoms with E-state index < -0.39 is 28.3 Å². The van der Waals surface area contributed by atoms with Crippen molar-refractivity contribution in [3.8, 4) is 11.5 Å². The van der Waals surface area contributed by atoms with Crippen LogP contribution in [0, 0.1) is 12.7 Å². The van der Waals surface area contributed by atoms with Gasteiger partial charge < -0.3 is 14.8 Å². The van der Waals surface area contributed by atoms with E-state index in [-0.39, 0.29) is 21.4 Å². The molecule has 0 atom stereocenters. The van der Waals surface area contributed by atoms with E-state index >= 15 is 0 Å². The lowest BCUT2D eigenvalue weighted by Crippen LogP contribution is -2.41. The van der Waals surface area contributed by atoms with Gasteiger partial charge in [0.25, 0.3) is 10.0 Å². The molecule has 7 nitrogen and oxygen atoms in total. The van der Waals surface area contributed by atoms with Gasteiger partial charge >= 0.3 is 0 Å². The number of methoxy groups -OCH3 is 2. The second-order valence-corrected chi connectivity index (χ2v) is 10.3. The number of rotatable bonds is 11. The molecular weight excluding hydrogens is 507 g/mol. The lowest BCUT2D eigenvalue weighted by atomic mass is 10.1. The number of hydrogen-bond donors (Lipinski definition) is 1. The first-order chi connectivity index (χ1) is 17.1. The molecule has 36 heavy (non-hydrogen) atoms. The molecule has 192 valence electrons. The molecule has 1 N–H and O–H groups in total. The average Bonchev–Trinajstić information content (AvgIpc) is 2.87. The lowest BCUT2D eigenvalue weighted by Gasteiger charge is -2.25. The molecule has 1 amide bonds. The van der Waals surface area contributed by atoms with Crippen LogP contribution in [0.5, 0.6) is 11.5 Å². The van der Waals surface area contributed by atoms with E-state index in [1.165, 1.54) is 50.1 Å². The van der Waals surface area contributed by atoms with E-state index in [0.29, 0.717) is 18.7 Å². The van der Waals surface area contributed by atoms with Crippen molar-refractivity contribution >= 4 is 33.2 Å². The minimum atomic E-state index is -4.26. The van der Waals surface area contributed by atoms with Gasteiger partial charge in [0.15, 0.2) is 11.5 Å². The molecule has 0 heterocycles. The third-order valence-electron chi connectivity index (χ3n) is 5.51. The molecule has 0 fully saturated rings. The molecule has 0 unspecified atom stereocenters. The Balaban J connectivity index is 1.80. The molecule has 0 aliphatic carbocycles. The van der Waals surface area contributed by atoms with Crippen molar-refractivity contribution < 1.29 is 27.1 Å². The van der Waals surface area contributed by atoms with Crippen LogP contribution in [-0.2, 0) is 21.2 Å². The first kappa shape index (κ1) is 27.3. The van der Waals surface area contributed by atoms with Crippen LogP contribution in [-0.4, -0.2) is 41.6 Å². The summed E-state index contributed by atoms with van der Waals surface area (Å²) < 4.78 is 52.2. The maximum Gasteiger partial charge on any atom is 0.264 e. The fourth-order valence-corrected chi connectivity index (χ4v) is 5.12. The lowest BCUT2D eigenvalue weighted by molar-refractivity contribution is -0.119. The molecule has 0 saturated heterocycles. The van der Waals surface area contributed by atoms with Crippen molar-refractivity contribution in [3.63, 3.8) is 0 Å². The zero-order chi connectivity index (χ0) is 26.3. The van der Waals surface area contributed by atoms with Crippen molar-refractivity contribution in [2.24, 2.45) is 0 Å². The quantitative estimate of drug-likeness (QED) is 0.359. The monoisotopic (exact) mass is 534 g/mol. The van der Waals surface area contributed by atoms with Crippen LogP contribution in [0.2, 0.25) is 5.02 Å². The Labute approximate surface area is 215 Å². The van der Waals surface area contributed by atoms with E-state index in [1.54, 1.807) is 0 Å². The molecule has 0 radical (unpaired) electrons. The van der Waals surface area contributed by atoms with Crippen LogP contribution < -0.4 is 19.1 Å². The molecule has 0 aliphatic heterocycles. The highest BCUT2D eigenvalue weighted by atomic mass is 35.5. The molecule has 0 bridgehead atoms. The van der Waals surface area contributed by atoms with Crippen molar-refractivity contribution in [2.45, 2.75) is 24.7 Å². The Kier molecular flexibility index (Phi) is 9.17. The molecule has 0 spiro atoms. The minimum Gasteiger partial charge on any atom is -0.493 e. The van der Waals surface area contributed by atoms with Gasteiger partial charge in [-0.25, -0.2) is 12.8 Å². The summed E-state index contributed by atoms with van der Waals surface area (Å²) in [5.74, 6) is -0.664. The van der Waals surface area contributed by atoms with E-state index in [2.05, 4.69) is 5.32 Å². The smallest absolute Gasteiger partial charge is 0.264 e. The van der Waals surface area contributed by atoms with Gasteiger partial charge in [-0.1, -0.05) is 41.4 Å².